The summed E-state index contributed by atoms with van der Waals surface area (Å²) in [6, 6.07) is 42.4. The number of thiol groups is 1. The first-order valence-electron chi connectivity index (χ1n) is 32.1. The molecule has 8 bridgehead atoms. The van der Waals surface area contributed by atoms with E-state index in [2.05, 4.69) is 186 Å². The van der Waals surface area contributed by atoms with Gasteiger partial charge in [0, 0.05) is 66.9 Å². The first kappa shape index (κ1) is 78.8. The summed E-state index contributed by atoms with van der Waals surface area (Å²) >= 11 is 16.4. The number of thioether (sulfide) groups is 3. The monoisotopic (exact) mass is 1210 g/mol. The van der Waals surface area contributed by atoms with E-state index in [4.69, 9.17) is 11.6 Å². The second kappa shape index (κ2) is 50.0. The SMILES string of the molecule is CB(C)B(C)C.CC.CC.CC.CC.CC.CC.Cl.ClC1CN2CCC1CC2.Sc1ccccc1.c1ccc(S[C@H]2CN3CCC2CC3)cc1.c1ccc(S[C@H]2CN3CCC2CC3)cc1.c1ccc(S[C@H]2CN3CCC2CC3)cc1. The average molecular weight is 1210 g/mol. The predicted octanol–water partition coefficient (Wildman–Crippen LogP) is 20.1. The van der Waals surface area contributed by atoms with Gasteiger partial charge in [-0.3, -0.25) is 0 Å². The second-order valence-electron chi connectivity index (χ2n) is 20.8. The summed E-state index contributed by atoms with van der Waals surface area (Å²) in [5.41, 5.74) is 0. The molecule has 4 atom stereocenters. The molecule has 0 aliphatic carbocycles. The van der Waals surface area contributed by atoms with Crippen LogP contribution in [0.4, 0.5) is 0 Å². The van der Waals surface area contributed by atoms with E-state index in [0.717, 1.165) is 64.1 Å². The van der Waals surface area contributed by atoms with Crippen molar-refractivity contribution in [2.24, 2.45) is 23.7 Å². The fourth-order valence-electron chi connectivity index (χ4n) is 10.5. The lowest BCUT2D eigenvalue weighted by Gasteiger charge is -2.44. The smallest absolute Gasteiger partial charge is 0.102 e. The van der Waals surface area contributed by atoms with Gasteiger partial charge in [0.05, 0.1) is 0 Å². The summed E-state index contributed by atoms with van der Waals surface area (Å²) in [5.74, 6) is 3.76. The Morgan fingerprint density at radius 3 is 0.700 bits per heavy atom. The number of hydrogen-bond acceptors (Lipinski definition) is 8. The fraction of sp³-hybridized carbons (Fsp3) is 0.647. The van der Waals surface area contributed by atoms with Gasteiger partial charge in [-0.15, -0.1) is 71.9 Å². The van der Waals surface area contributed by atoms with Crippen molar-refractivity contribution >= 4 is 85.1 Å². The van der Waals surface area contributed by atoms with Gasteiger partial charge in [-0.25, -0.2) is 0 Å². The summed E-state index contributed by atoms with van der Waals surface area (Å²) < 4.78 is 0. The van der Waals surface area contributed by atoms with Crippen molar-refractivity contribution in [2.45, 2.75) is 202 Å². The van der Waals surface area contributed by atoms with Crippen LogP contribution in [0.3, 0.4) is 0 Å². The van der Waals surface area contributed by atoms with Gasteiger partial charge in [-0.2, -0.15) is 0 Å². The molecule has 12 fully saturated rings. The minimum Gasteiger partial charge on any atom is -0.302 e. The number of hydrogen-bond donors (Lipinski definition) is 1. The Morgan fingerprint density at radius 2 is 0.562 bits per heavy atom. The number of nitrogens with zero attached hydrogens (tertiary/aromatic N) is 4. The van der Waals surface area contributed by atoms with E-state index < -0.39 is 0 Å². The summed E-state index contributed by atoms with van der Waals surface area (Å²) in [6.45, 7) is 50.4. The molecule has 454 valence electrons. The summed E-state index contributed by atoms with van der Waals surface area (Å²) in [5, 5.41) is 2.99. The van der Waals surface area contributed by atoms with Crippen LogP contribution in [-0.4, -0.2) is 132 Å². The number of piperidine rings is 12. The molecule has 12 aliphatic rings. The third-order valence-corrected chi connectivity index (χ3v) is 20.5. The third kappa shape index (κ3) is 31.3. The minimum absolute atomic E-state index is 0. The zero-order chi connectivity index (χ0) is 58.8. The Hall–Kier alpha value is -1.17. The van der Waals surface area contributed by atoms with E-state index in [-0.39, 0.29) is 12.4 Å². The van der Waals surface area contributed by atoms with E-state index in [9.17, 15) is 0 Å². The zero-order valence-electron chi connectivity index (χ0n) is 53.7. The number of benzene rings is 4. The maximum absolute atomic E-state index is 6.07. The number of rotatable bonds is 7. The Kier molecular flexibility index (Phi) is 49.3. The summed E-state index contributed by atoms with van der Waals surface area (Å²) in [6.07, 6.45) is 11.2. The van der Waals surface area contributed by atoms with Gasteiger partial charge in [-0.05, 0) is 176 Å². The highest BCUT2D eigenvalue weighted by atomic mass is 35.5. The molecule has 12 aliphatic heterocycles. The van der Waals surface area contributed by atoms with Gasteiger partial charge in [0.2, 0.25) is 0 Å². The van der Waals surface area contributed by atoms with Crippen LogP contribution < -0.4 is 0 Å². The average Bonchev–Trinajstić information content (AvgIpc) is 3.53. The first-order valence-corrected chi connectivity index (χ1v) is 35.6. The molecular weight excluding hydrogens is 1090 g/mol. The van der Waals surface area contributed by atoms with Crippen LogP contribution in [0, 0.1) is 23.7 Å². The standard InChI is InChI=1S/3C13H17NS.C7H12ClN.C6H6S.C4H12B2.6C2H6.ClH/c3*1-2-4-12(5-3-1)15-13-10-14-8-6-11(13)7-9-14;8-7-5-9-3-1-6(7)2-4-9;7-6-4-2-1-3-5-6;1-5(2)6(3)4;6*1-2;/h3*1-5,11,13H,6-10H2;6-7H,1-5H2;1-5,7H;1-4H3;6*1-2H3;1H/t3*13-;;;;;;;;;;/m000........../s1. The molecule has 80 heavy (non-hydrogen) atoms. The second-order valence-corrected chi connectivity index (χ2v) is 25.8. The van der Waals surface area contributed by atoms with Gasteiger partial charge >= 0.3 is 0 Å². The predicted molar refractivity (Wildman–Crippen MR) is 379 cm³/mol. The van der Waals surface area contributed by atoms with E-state index in [1.165, 1.54) is 138 Å². The number of halogens is 2. The molecule has 0 N–H and O–H groups in total. The molecule has 12 heteroatoms. The van der Waals surface area contributed by atoms with Gasteiger partial charge in [0.25, 0.3) is 0 Å². The van der Waals surface area contributed by atoms with Crippen LogP contribution in [0.5, 0.6) is 0 Å². The van der Waals surface area contributed by atoms with Crippen LogP contribution in [0.1, 0.15) is 134 Å². The van der Waals surface area contributed by atoms with Crippen molar-refractivity contribution in [3.63, 3.8) is 0 Å². The lowest BCUT2D eigenvalue weighted by molar-refractivity contribution is 0.116. The first-order chi connectivity index (χ1) is 38.6. The highest BCUT2D eigenvalue weighted by Crippen LogP contribution is 2.41. The third-order valence-electron chi connectivity index (χ3n) is 15.5. The fourth-order valence-corrected chi connectivity index (χ4v) is 15.3. The van der Waals surface area contributed by atoms with Crippen molar-refractivity contribution < 1.29 is 0 Å². The van der Waals surface area contributed by atoms with Gasteiger partial charge in [-0.1, -0.05) is 183 Å². The molecule has 0 saturated carbocycles. The summed E-state index contributed by atoms with van der Waals surface area (Å²) in [7, 11) is 0. The highest BCUT2D eigenvalue weighted by molar-refractivity contribution is 8.00. The molecule has 0 amide bonds. The van der Waals surface area contributed by atoms with Crippen LogP contribution in [0.15, 0.2) is 141 Å². The van der Waals surface area contributed by atoms with Crippen LogP contribution >= 0.6 is 71.9 Å². The van der Waals surface area contributed by atoms with E-state index >= 15 is 0 Å². The molecule has 1 unspecified atom stereocenters. The zero-order valence-corrected chi connectivity index (χ0v) is 58.6. The van der Waals surface area contributed by atoms with Crippen molar-refractivity contribution in [3.8, 4) is 0 Å². The van der Waals surface area contributed by atoms with Crippen molar-refractivity contribution in [2.75, 3.05) is 78.5 Å². The largest absolute Gasteiger partial charge is 0.302 e. The number of fused-ring (bicyclic) bond motifs is 12. The Bertz CT molecular complexity index is 1750. The molecule has 4 nitrogen and oxygen atoms in total. The maximum atomic E-state index is 6.07. The molecule has 0 aromatic heterocycles. The normalized spacial score (nSPS) is 26.7. The molecular formula is C68H118B2Cl2N4S4. The van der Waals surface area contributed by atoms with Crippen LogP contribution in [-0.2, 0) is 0 Å². The van der Waals surface area contributed by atoms with Gasteiger partial charge in [0.15, 0.2) is 0 Å². The quantitative estimate of drug-likeness (QED) is 0.111. The Balaban J connectivity index is 0.000000921. The molecule has 16 rings (SSSR count). The van der Waals surface area contributed by atoms with Gasteiger partial charge in [0.1, 0.15) is 13.2 Å². The molecule has 0 spiro atoms. The minimum atomic E-state index is 0. The summed E-state index contributed by atoms with van der Waals surface area (Å²) in [4.78, 5) is 15.7. The van der Waals surface area contributed by atoms with Crippen molar-refractivity contribution in [3.05, 3.63) is 121 Å². The van der Waals surface area contributed by atoms with Crippen LogP contribution in [0.25, 0.3) is 0 Å². The van der Waals surface area contributed by atoms with Crippen LogP contribution in [0.2, 0.25) is 27.3 Å². The van der Waals surface area contributed by atoms with Crippen molar-refractivity contribution in [1.82, 2.24) is 19.6 Å². The van der Waals surface area contributed by atoms with E-state index in [1.54, 1.807) is 0 Å². The Morgan fingerprint density at radius 1 is 0.350 bits per heavy atom. The number of alkyl halides is 1. The van der Waals surface area contributed by atoms with E-state index in [0.29, 0.717) is 5.38 Å². The maximum Gasteiger partial charge on any atom is 0.102 e. The topological polar surface area (TPSA) is 13.0 Å². The Labute approximate surface area is 526 Å². The highest BCUT2D eigenvalue weighted by Gasteiger charge is 2.37. The molecule has 4 aromatic carbocycles. The van der Waals surface area contributed by atoms with Gasteiger partial charge < -0.3 is 19.6 Å². The lowest BCUT2D eigenvalue weighted by Crippen LogP contribution is -2.48. The molecule has 4 aromatic rings. The molecule has 0 radical (unpaired) electrons. The lowest BCUT2D eigenvalue weighted by atomic mass is 9.12. The molecule has 12 heterocycles. The van der Waals surface area contributed by atoms with Crippen molar-refractivity contribution in [1.29, 1.82) is 0 Å². The molecule has 12 saturated heterocycles. The van der Waals surface area contributed by atoms with E-state index in [1.807, 2.05) is 113 Å².